The molecule has 1 aromatic carbocycles. The summed E-state index contributed by atoms with van der Waals surface area (Å²) in [6.45, 7) is 0.171. The van der Waals surface area contributed by atoms with E-state index in [0.717, 1.165) is 13.3 Å². The molecule has 0 aliphatic heterocycles. The van der Waals surface area contributed by atoms with Crippen molar-refractivity contribution in [3.63, 3.8) is 0 Å². The van der Waals surface area contributed by atoms with Gasteiger partial charge in [0.05, 0.1) is 7.11 Å². The molecule has 114 valence electrons. The number of methoxy groups -OCH3 is 1. The Labute approximate surface area is 124 Å². The third-order valence-electron chi connectivity index (χ3n) is 2.99. The van der Waals surface area contributed by atoms with Crippen molar-refractivity contribution in [2.24, 2.45) is 0 Å². The van der Waals surface area contributed by atoms with Crippen LogP contribution in [-0.4, -0.2) is 28.7 Å². The fourth-order valence-corrected chi connectivity index (χ4v) is 1.93. The number of carbonyl (C=O) groups is 2. The van der Waals surface area contributed by atoms with E-state index in [1.807, 2.05) is 0 Å². The lowest BCUT2D eigenvalue weighted by Gasteiger charge is -2.10. The van der Waals surface area contributed by atoms with Crippen molar-refractivity contribution >= 4 is 11.9 Å². The van der Waals surface area contributed by atoms with Gasteiger partial charge < -0.3 is 14.4 Å². The number of pyridine rings is 1. The van der Waals surface area contributed by atoms with Gasteiger partial charge in [-0.2, -0.15) is 0 Å². The predicted molar refractivity (Wildman–Crippen MR) is 74.5 cm³/mol. The number of aromatic carboxylic acids is 1. The molecule has 0 aliphatic carbocycles. The SMILES string of the molecule is COC(=O)c1cn(Cc2ccc(F)cc2)cc(C(=O)O)c1=O. The molecule has 1 heterocycles. The average Bonchev–Trinajstić information content (AvgIpc) is 2.50. The fraction of sp³-hybridized carbons (Fsp3) is 0.133. The molecular weight excluding hydrogens is 293 g/mol. The number of hydrogen-bond donors (Lipinski definition) is 1. The van der Waals surface area contributed by atoms with Gasteiger partial charge in [-0.15, -0.1) is 0 Å². The highest BCUT2D eigenvalue weighted by molar-refractivity contribution is 5.93. The molecule has 0 unspecified atom stereocenters. The molecule has 0 fully saturated rings. The first-order valence-electron chi connectivity index (χ1n) is 6.22. The molecule has 7 heteroatoms. The van der Waals surface area contributed by atoms with E-state index in [2.05, 4.69) is 4.74 Å². The Kier molecular flexibility index (Phi) is 4.36. The van der Waals surface area contributed by atoms with Crippen LogP contribution in [0.3, 0.4) is 0 Å². The van der Waals surface area contributed by atoms with Crippen molar-refractivity contribution in [2.75, 3.05) is 7.11 Å². The zero-order valence-electron chi connectivity index (χ0n) is 11.6. The van der Waals surface area contributed by atoms with Gasteiger partial charge in [0.2, 0.25) is 5.43 Å². The van der Waals surface area contributed by atoms with Crippen LogP contribution in [-0.2, 0) is 11.3 Å². The van der Waals surface area contributed by atoms with Crippen LogP contribution in [0.1, 0.15) is 26.3 Å². The van der Waals surface area contributed by atoms with E-state index in [-0.39, 0.29) is 12.1 Å². The Morgan fingerprint density at radius 1 is 1.18 bits per heavy atom. The van der Waals surface area contributed by atoms with Gasteiger partial charge in [0, 0.05) is 18.9 Å². The van der Waals surface area contributed by atoms with Crippen molar-refractivity contribution < 1.29 is 23.8 Å². The second kappa shape index (κ2) is 6.21. The Morgan fingerprint density at radius 3 is 2.32 bits per heavy atom. The van der Waals surface area contributed by atoms with E-state index in [9.17, 15) is 18.8 Å². The molecule has 22 heavy (non-hydrogen) atoms. The predicted octanol–water partition coefficient (Wildman–Crippen LogP) is 1.52. The summed E-state index contributed by atoms with van der Waals surface area (Å²) in [5, 5.41) is 9.06. The Morgan fingerprint density at radius 2 is 1.77 bits per heavy atom. The Balaban J connectivity index is 2.49. The first-order valence-corrected chi connectivity index (χ1v) is 6.22. The number of halogens is 1. The number of esters is 1. The van der Waals surface area contributed by atoms with Crippen LogP contribution in [0.4, 0.5) is 4.39 Å². The van der Waals surface area contributed by atoms with Gasteiger partial charge in [-0.25, -0.2) is 14.0 Å². The van der Waals surface area contributed by atoms with Crippen molar-refractivity contribution in [1.82, 2.24) is 4.57 Å². The molecule has 0 radical (unpaired) electrons. The van der Waals surface area contributed by atoms with Crippen molar-refractivity contribution in [2.45, 2.75) is 6.54 Å². The number of rotatable bonds is 4. The van der Waals surface area contributed by atoms with Crippen molar-refractivity contribution in [3.05, 3.63) is 69.4 Å². The van der Waals surface area contributed by atoms with Crippen LogP contribution >= 0.6 is 0 Å². The number of benzene rings is 1. The van der Waals surface area contributed by atoms with E-state index in [4.69, 9.17) is 5.11 Å². The minimum Gasteiger partial charge on any atom is -0.477 e. The maximum absolute atomic E-state index is 12.9. The molecule has 0 spiro atoms. The second-order valence-electron chi connectivity index (χ2n) is 4.51. The molecule has 0 saturated heterocycles. The highest BCUT2D eigenvalue weighted by Gasteiger charge is 2.19. The number of nitrogens with zero attached hydrogens (tertiary/aromatic N) is 1. The molecule has 0 atom stereocenters. The highest BCUT2D eigenvalue weighted by atomic mass is 19.1. The number of hydrogen-bond acceptors (Lipinski definition) is 4. The van der Waals surface area contributed by atoms with Gasteiger partial charge >= 0.3 is 11.9 Å². The molecular formula is C15H12FNO5. The lowest BCUT2D eigenvalue weighted by Crippen LogP contribution is -2.25. The van der Waals surface area contributed by atoms with E-state index in [1.54, 1.807) is 0 Å². The van der Waals surface area contributed by atoms with Gasteiger partial charge in [0.25, 0.3) is 0 Å². The van der Waals surface area contributed by atoms with Crippen molar-refractivity contribution in [3.8, 4) is 0 Å². The van der Waals surface area contributed by atoms with Gasteiger partial charge in [0.1, 0.15) is 16.9 Å². The molecule has 1 aromatic heterocycles. The van der Waals surface area contributed by atoms with E-state index >= 15 is 0 Å². The van der Waals surface area contributed by atoms with E-state index < -0.39 is 28.7 Å². The molecule has 6 nitrogen and oxygen atoms in total. The number of carbonyl (C=O) groups excluding carboxylic acids is 1. The van der Waals surface area contributed by atoms with E-state index in [1.165, 1.54) is 35.0 Å². The number of carboxylic acid groups (broad SMARTS) is 1. The minimum absolute atomic E-state index is 0.171. The second-order valence-corrected chi connectivity index (χ2v) is 4.51. The average molecular weight is 305 g/mol. The van der Waals surface area contributed by atoms with Crippen LogP contribution in [0, 0.1) is 5.82 Å². The lowest BCUT2D eigenvalue weighted by molar-refractivity contribution is 0.0598. The van der Waals surface area contributed by atoms with Gasteiger partial charge in [-0.05, 0) is 17.7 Å². The molecule has 2 rings (SSSR count). The smallest absolute Gasteiger partial charge is 0.343 e. The van der Waals surface area contributed by atoms with Gasteiger partial charge in [-0.3, -0.25) is 4.79 Å². The van der Waals surface area contributed by atoms with Crippen LogP contribution in [0.25, 0.3) is 0 Å². The summed E-state index contributed by atoms with van der Waals surface area (Å²) in [7, 11) is 1.10. The first kappa shape index (κ1) is 15.4. The zero-order valence-corrected chi connectivity index (χ0v) is 11.6. The largest absolute Gasteiger partial charge is 0.477 e. The maximum atomic E-state index is 12.9. The van der Waals surface area contributed by atoms with Crippen LogP contribution < -0.4 is 5.43 Å². The van der Waals surface area contributed by atoms with Crippen LogP contribution in [0.15, 0.2) is 41.5 Å². The fourth-order valence-electron chi connectivity index (χ4n) is 1.93. The Bertz CT molecular complexity index is 780. The molecule has 0 bridgehead atoms. The number of ether oxygens (including phenoxy) is 1. The maximum Gasteiger partial charge on any atom is 0.343 e. The van der Waals surface area contributed by atoms with Crippen LogP contribution in [0.5, 0.6) is 0 Å². The van der Waals surface area contributed by atoms with Gasteiger partial charge in [0.15, 0.2) is 0 Å². The molecule has 0 amide bonds. The summed E-state index contributed by atoms with van der Waals surface area (Å²) < 4.78 is 18.7. The summed E-state index contributed by atoms with van der Waals surface area (Å²) in [5.74, 6) is -2.75. The van der Waals surface area contributed by atoms with E-state index in [0.29, 0.717) is 5.56 Å². The normalized spacial score (nSPS) is 10.3. The third-order valence-corrected chi connectivity index (χ3v) is 2.99. The minimum atomic E-state index is -1.44. The summed E-state index contributed by atoms with van der Waals surface area (Å²) in [6, 6.07) is 5.56. The summed E-state index contributed by atoms with van der Waals surface area (Å²) >= 11 is 0. The Hall–Kier alpha value is -2.96. The molecule has 0 saturated carbocycles. The summed E-state index contributed by atoms with van der Waals surface area (Å²) in [4.78, 5) is 34.6. The summed E-state index contributed by atoms with van der Waals surface area (Å²) in [5.41, 5.74) is -1.14. The molecule has 1 N–H and O–H groups in total. The quantitative estimate of drug-likeness (QED) is 0.866. The lowest BCUT2D eigenvalue weighted by atomic mass is 10.1. The standard InChI is InChI=1S/C15H12FNO5/c1-22-15(21)12-8-17(7-11(13(12)18)14(19)20)6-9-2-4-10(16)5-3-9/h2-5,7-8H,6H2,1H3,(H,19,20). The van der Waals surface area contributed by atoms with Crippen molar-refractivity contribution in [1.29, 1.82) is 0 Å². The number of carboxylic acids is 1. The van der Waals surface area contributed by atoms with Gasteiger partial charge in [-0.1, -0.05) is 12.1 Å². The third kappa shape index (κ3) is 3.20. The molecule has 0 aliphatic rings. The topological polar surface area (TPSA) is 85.6 Å². The monoisotopic (exact) mass is 305 g/mol. The zero-order chi connectivity index (χ0) is 16.3. The molecule has 2 aromatic rings. The highest BCUT2D eigenvalue weighted by Crippen LogP contribution is 2.07. The van der Waals surface area contributed by atoms with Crippen LogP contribution in [0.2, 0.25) is 0 Å². The first-order chi connectivity index (χ1) is 10.4. The summed E-state index contributed by atoms with van der Waals surface area (Å²) in [6.07, 6.45) is 2.34. The number of aromatic nitrogens is 1.